The molecule has 0 atom stereocenters. The Morgan fingerprint density at radius 3 is 2.73 bits per heavy atom. The van der Waals surface area contributed by atoms with E-state index in [0.29, 0.717) is 35.7 Å². The van der Waals surface area contributed by atoms with Crippen LogP contribution in [0, 0.1) is 13.8 Å². The Hall–Kier alpha value is -2.63. The molecule has 1 aliphatic heterocycles. The molecular weight excluding hydrogens is 282 g/mol. The molecule has 1 aromatic heterocycles. The van der Waals surface area contributed by atoms with E-state index in [4.69, 9.17) is 4.52 Å². The van der Waals surface area contributed by atoms with Crippen molar-refractivity contribution in [2.75, 3.05) is 16.8 Å². The van der Waals surface area contributed by atoms with E-state index in [2.05, 4.69) is 10.5 Å². The summed E-state index contributed by atoms with van der Waals surface area (Å²) >= 11 is 0. The first-order valence-electron chi connectivity index (χ1n) is 7.21. The molecular formula is C16H17N3O3. The maximum atomic E-state index is 12.5. The number of rotatable bonds is 3. The normalized spacial score (nSPS) is 14.5. The summed E-state index contributed by atoms with van der Waals surface area (Å²) in [4.78, 5) is 26.1. The third-order valence-corrected chi connectivity index (χ3v) is 3.78. The Bertz CT molecular complexity index is 716. The van der Waals surface area contributed by atoms with Crippen molar-refractivity contribution >= 4 is 23.2 Å². The highest BCUT2D eigenvalue weighted by atomic mass is 16.5. The van der Waals surface area contributed by atoms with Crippen LogP contribution < -0.4 is 10.2 Å². The van der Waals surface area contributed by atoms with E-state index >= 15 is 0 Å². The van der Waals surface area contributed by atoms with Gasteiger partial charge in [0.05, 0.1) is 17.1 Å². The van der Waals surface area contributed by atoms with E-state index in [0.717, 1.165) is 12.1 Å². The number of para-hydroxylation sites is 2. The highest BCUT2D eigenvalue weighted by molar-refractivity contribution is 6.09. The van der Waals surface area contributed by atoms with Crippen molar-refractivity contribution in [3.05, 3.63) is 41.3 Å². The summed E-state index contributed by atoms with van der Waals surface area (Å²) in [6.07, 6.45) is 1.39. The summed E-state index contributed by atoms with van der Waals surface area (Å²) in [5, 5.41) is 6.65. The number of hydrogen-bond donors (Lipinski definition) is 1. The average molecular weight is 299 g/mol. The minimum absolute atomic E-state index is 0.0824. The third kappa shape index (κ3) is 2.47. The SMILES string of the molecule is Cc1noc(C)c1C(=O)Nc1ccccc1N1CCCC1=O. The number of nitrogens with one attached hydrogen (secondary N) is 1. The minimum Gasteiger partial charge on any atom is -0.361 e. The van der Waals surface area contributed by atoms with Crippen LogP contribution in [0.3, 0.4) is 0 Å². The fourth-order valence-corrected chi connectivity index (χ4v) is 2.71. The number of aryl methyl sites for hydroxylation is 2. The van der Waals surface area contributed by atoms with Gasteiger partial charge >= 0.3 is 0 Å². The smallest absolute Gasteiger partial charge is 0.261 e. The largest absolute Gasteiger partial charge is 0.361 e. The zero-order valence-electron chi connectivity index (χ0n) is 12.5. The maximum absolute atomic E-state index is 12.5. The van der Waals surface area contributed by atoms with Crippen molar-refractivity contribution in [1.29, 1.82) is 0 Å². The van der Waals surface area contributed by atoms with Crippen LogP contribution in [-0.2, 0) is 4.79 Å². The summed E-state index contributed by atoms with van der Waals surface area (Å²) in [6, 6.07) is 7.31. The lowest BCUT2D eigenvalue weighted by Gasteiger charge is -2.19. The molecule has 1 saturated heterocycles. The first-order valence-corrected chi connectivity index (χ1v) is 7.21. The number of amides is 2. The van der Waals surface area contributed by atoms with Crippen LogP contribution >= 0.6 is 0 Å². The Balaban J connectivity index is 1.90. The van der Waals surface area contributed by atoms with Gasteiger partial charge in [0.1, 0.15) is 11.3 Å². The molecule has 22 heavy (non-hydrogen) atoms. The molecule has 0 radical (unpaired) electrons. The van der Waals surface area contributed by atoms with Crippen LogP contribution in [0.5, 0.6) is 0 Å². The van der Waals surface area contributed by atoms with Gasteiger partial charge in [-0.3, -0.25) is 9.59 Å². The van der Waals surface area contributed by atoms with Gasteiger partial charge in [0.15, 0.2) is 0 Å². The van der Waals surface area contributed by atoms with E-state index in [1.165, 1.54) is 0 Å². The molecule has 0 saturated carbocycles. The first-order chi connectivity index (χ1) is 10.6. The number of nitrogens with zero attached hydrogens (tertiary/aromatic N) is 2. The zero-order valence-corrected chi connectivity index (χ0v) is 12.5. The summed E-state index contributed by atoms with van der Waals surface area (Å²) in [5.41, 5.74) is 2.32. The van der Waals surface area contributed by atoms with Crippen molar-refractivity contribution < 1.29 is 14.1 Å². The Morgan fingerprint density at radius 2 is 2.09 bits per heavy atom. The average Bonchev–Trinajstić information content (AvgIpc) is 3.05. The molecule has 6 nitrogen and oxygen atoms in total. The number of aromatic nitrogens is 1. The Labute approximate surface area is 128 Å². The summed E-state index contributed by atoms with van der Waals surface area (Å²) in [6.45, 7) is 4.10. The second-order valence-corrected chi connectivity index (χ2v) is 5.32. The second-order valence-electron chi connectivity index (χ2n) is 5.32. The van der Waals surface area contributed by atoms with Gasteiger partial charge in [-0.15, -0.1) is 0 Å². The molecule has 114 valence electrons. The summed E-state index contributed by atoms with van der Waals surface area (Å²) in [5.74, 6) is 0.277. The molecule has 6 heteroatoms. The highest BCUT2D eigenvalue weighted by Crippen LogP contribution is 2.30. The van der Waals surface area contributed by atoms with Gasteiger partial charge in [0.2, 0.25) is 5.91 Å². The lowest BCUT2D eigenvalue weighted by molar-refractivity contribution is -0.117. The number of benzene rings is 1. The number of hydrogen-bond acceptors (Lipinski definition) is 4. The lowest BCUT2D eigenvalue weighted by Crippen LogP contribution is -2.25. The molecule has 1 aliphatic rings. The van der Waals surface area contributed by atoms with Crippen LogP contribution in [0.25, 0.3) is 0 Å². The molecule has 1 fully saturated rings. The molecule has 3 rings (SSSR count). The quantitative estimate of drug-likeness (QED) is 0.945. The maximum Gasteiger partial charge on any atom is 0.261 e. The Kier molecular flexibility index (Phi) is 3.66. The van der Waals surface area contributed by atoms with Crippen molar-refractivity contribution in [3.63, 3.8) is 0 Å². The molecule has 2 aromatic rings. The number of carbonyl (C=O) groups is 2. The van der Waals surface area contributed by atoms with Crippen LogP contribution in [0.1, 0.15) is 34.7 Å². The van der Waals surface area contributed by atoms with Crippen LogP contribution in [-0.4, -0.2) is 23.5 Å². The lowest BCUT2D eigenvalue weighted by atomic mass is 10.1. The second kappa shape index (κ2) is 5.63. The summed E-state index contributed by atoms with van der Waals surface area (Å²) < 4.78 is 5.03. The fraction of sp³-hybridized carbons (Fsp3) is 0.312. The molecule has 1 aromatic carbocycles. The monoisotopic (exact) mass is 299 g/mol. The van der Waals surface area contributed by atoms with Crippen LogP contribution in [0.4, 0.5) is 11.4 Å². The van der Waals surface area contributed by atoms with Crippen LogP contribution in [0.2, 0.25) is 0 Å². The van der Waals surface area contributed by atoms with Gasteiger partial charge in [0, 0.05) is 13.0 Å². The number of carbonyl (C=O) groups excluding carboxylic acids is 2. The van der Waals surface area contributed by atoms with E-state index in [9.17, 15) is 9.59 Å². The van der Waals surface area contributed by atoms with Gasteiger partial charge in [0.25, 0.3) is 5.91 Å². The molecule has 1 N–H and O–H groups in total. The van der Waals surface area contributed by atoms with E-state index < -0.39 is 0 Å². The third-order valence-electron chi connectivity index (χ3n) is 3.78. The van der Waals surface area contributed by atoms with Gasteiger partial charge < -0.3 is 14.7 Å². The van der Waals surface area contributed by atoms with Gasteiger partial charge in [-0.2, -0.15) is 0 Å². The minimum atomic E-state index is -0.282. The topological polar surface area (TPSA) is 75.4 Å². The van der Waals surface area contributed by atoms with E-state index in [1.54, 1.807) is 24.8 Å². The molecule has 0 spiro atoms. The molecule has 0 aliphatic carbocycles. The molecule has 2 amide bonds. The summed E-state index contributed by atoms with van der Waals surface area (Å²) in [7, 11) is 0. The first kappa shape index (κ1) is 14.3. The van der Waals surface area contributed by atoms with Crippen molar-refractivity contribution in [2.45, 2.75) is 26.7 Å². The fourth-order valence-electron chi connectivity index (χ4n) is 2.71. The zero-order chi connectivity index (χ0) is 15.7. The van der Waals surface area contributed by atoms with E-state index in [1.807, 2.05) is 18.2 Å². The Morgan fingerprint density at radius 1 is 1.32 bits per heavy atom. The number of anilines is 2. The van der Waals surface area contributed by atoms with E-state index in [-0.39, 0.29) is 11.8 Å². The van der Waals surface area contributed by atoms with Crippen molar-refractivity contribution in [2.24, 2.45) is 0 Å². The van der Waals surface area contributed by atoms with Crippen molar-refractivity contribution in [3.8, 4) is 0 Å². The van der Waals surface area contributed by atoms with Gasteiger partial charge in [-0.25, -0.2) is 0 Å². The van der Waals surface area contributed by atoms with Crippen LogP contribution in [0.15, 0.2) is 28.8 Å². The molecule has 2 heterocycles. The predicted octanol–water partition coefficient (Wildman–Crippen LogP) is 2.67. The standard InChI is InChI=1S/C16H17N3O3/c1-10-15(11(2)22-18-10)16(21)17-12-6-3-4-7-13(12)19-9-5-8-14(19)20/h3-4,6-7H,5,8-9H2,1-2H3,(H,17,21). The van der Waals surface area contributed by atoms with Crippen molar-refractivity contribution in [1.82, 2.24) is 5.16 Å². The molecule has 0 unspecified atom stereocenters. The predicted molar refractivity (Wildman–Crippen MR) is 82.0 cm³/mol. The van der Waals surface area contributed by atoms with Gasteiger partial charge in [-0.1, -0.05) is 17.3 Å². The van der Waals surface area contributed by atoms with Gasteiger partial charge in [-0.05, 0) is 32.4 Å². The molecule has 0 bridgehead atoms. The highest BCUT2D eigenvalue weighted by Gasteiger charge is 2.25.